The van der Waals surface area contributed by atoms with E-state index in [9.17, 15) is 17.6 Å². The Hall–Kier alpha value is -3.66. The van der Waals surface area contributed by atoms with Gasteiger partial charge in [0, 0.05) is 41.3 Å². The normalized spacial score (nSPS) is 11.5. The Balaban J connectivity index is 1.59. The number of benzene rings is 1. The lowest BCUT2D eigenvalue weighted by atomic mass is 10.1. The molecule has 6 nitrogen and oxygen atoms in total. The summed E-state index contributed by atoms with van der Waals surface area (Å²) in [6.45, 7) is -0.313. The van der Waals surface area contributed by atoms with Crippen LogP contribution in [-0.4, -0.2) is 27.0 Å². The van der Waals surface area contributed by atoms with E-state index < -0.39 is 17.7 Å². The van der Waals surface area contributed by atoms with Crippen LogP contribution in [-0.2, 0) is 12.8 Å². The number of methoxy groups -OCH3 is 1. The second kappa shape index (κ2) is 9.07. The van der Waals surface area contributed by atoms with Crippen LogP contribution in [0, 0.1) is 5.95 Å². The van der Waals surface area contributed by atoms with Crippen LogP contribution >= 0.6 is 11.6 Å². The van der Waals surface area contributed by atoms with Gasteiger partial charge in [0.1, 0.15) is 23.9 Å². The third-order valence-corrected chi connectivity index (χ3v) is 4.99. The molecule has 0 fully saturated rings. The Morgan fingerprint density at radius 1 is 1.09 bits per heavy atom. The van der Waals surface area contributed by atoms with Crippen LogP contribution < -0.4 is 9.47 Å². The second-order valence-corrected chi connectivity index (χ2v) is 7.16. The first kappa shape index (κ1) is 22.5. The van der Waals surface area contributed by atoms with Gasteiger partial charge in [-0.25, -0.2) is 9.97 Å². The van der Waals surface area contributed by atoms with Crippen LogP contribution in [0.4, 0.5) is 17.6 Å². The summed E-state index contributed by atoms with van der Waals surface area (Å²) in [5.74, 6) is 0.400. The van der Waals surface area contributed by atoms with E-state index in [1.54, 1.807) is 12.1 Å². The number of alkyl halides is 3. The molecule has 170 valence electrons. The van der Waals surface area contributed by atoms with Gasteiger partial charge in [-0.15, -0.1) is 0 Å². The quantitative estimate of drug-likeness (QED) is 0.274. The summed E-state index contributed by atoms with van der Waals surface area (Å²) in [6.07, 6.45) is -1.19. The molecule has 33 heavy (non-hydrogen) atoms. The molecule has 0 radical (unpaired) electrons. The Morgan fingerprint density at radius 3 is 2.61 bits per heavy atom. The van der Waals surface area contributed by atoms with Crippen molar-refractivity contribution in [1.29, 1.82) is 0 Å². The maximum Gasteiger partial charge on any atom is 0.418 e. The SMILES string of the molecule is COc1cc(OCc2ccncc2C(F)(F)F)ccc1-c1[nH]c(-c2ccc(F)nc2)nc1Cl. The van der Waals surface area contributed by atoms with E-state index in [1.165, 1.54) is 43.8 Å². The number of rotatable bonds is 6. The maximum absolute atomic E-state index is 13.2. The number of nitrogens with one attached hydrogen (secondary N) is 1. The molecule has 4 rings (SSSR count). The van der Waals surface area contributed by atoms with Crippen LogP contribution in [0.15, 0.2) is 55.0 Å². The van der Waals surface area contributed by atoms with E-state index in [2.05, 4.69) is 19.9 Å². The number of H-pyrrole nitrogens is 1. The topological polar surface area (TPSA) is 72.9 Å². The Morgan fingerprint density at radius 2 is 1.91 bits per heavy atom. The van der Waals surface area contributed by atoms with Gasteiger partial charge in [0.05, 0.1) is 18.4 Å². The molecule has 4 aromatic rings. The summed E-state index contributed by atoms with van der Waals surface area (Å²) in [4.78, 5) is 14.4. The summed E-state index contributed by atoms with van der Waals surface area (Å²) >= 11 is 6.29. The van der Waals surface area contributed by atoms with Gasteiger partial charge in [-0.2, -0.15) is 17.6 Å². The molecule has 0 unspecified atom stereocenters. The highest BCUT2D eigenvalue weighted by Gasteiger charge is 2.33. The number of ether oxygens (including phenoxy) is 2. The first-order chi connectivity index (χ1) is 15.8. The smallest absolute Gasteiger partial charge is 0.418 e. The Bertz CT molecular complexity index is 1280. The van der Waals surface area contributed by atoms with Crippen molar-refractivity contribution < 1.29 is 27.0 Å². The molecule has 0 aliphatic carbocycles. The standard InChI is InChI=1S/C22H15ClF4N4O2/c1-32-17-8-14(33-11-13-6-7-28-10-16(13)22(25,26)27)3-4-15(17)19-20(23)31-21(30-19)12-2-5-18(24)29-9-12/h2-10H,11H2,1H3,(H,30,31). The highest BCUT2D eigenvalue weighted by Crippen LogP contribution is 2.38. The number of imidazole rings is 1. The van der Waals surface area contributed by atoms with Gasteiger partial charge in [-0.1, -0.05) is 11.6 Å². The summed E-state index contributed by atoms with van der Waals surface area (Å²) in [7, 11) is 1.43. The van der Waals surface area contributed by atoms with E-state index in [0.717, 1.165) is 6.20 Å². The molecule has 0 aliphatic heterocycles. The molecule has 0 amide bonds. The van der Waals surface area contributed by atoms with Gasteiger partial charge in [0.2, 0.25) is 5.95 Å². The van der Waals surface area contributed by atoms with Crippen LogP contribution in [0.2, 0.25) is 5.15 Å². The van der Waals surface area contributed by atoms with Gasteiger partial charge in [-0.3, -0.25) is 4.98 Å². The molecular formula is C22H15ClF4N4O2. The number of aromatic nitrogens is 4. The molecule has 0 saturated heterocycles. The van der Waals surface area contributed by atoms with Crippen molar-refractivity contribution in [1.82, 2.24) is 19.9 Å². The molecule has 1 N–H and O–H groups in total. The highest BCUT2D eigenvalue weighted by molar-refractivity contribution is 6.32. The van der Waals surface area contributed by atoms with Crippen molar-refractivity contribution >= 4 is 11.6 Å². The maximum atomic E-state index is 13.2. The fourth-order valence-corrected chi connectivity index (χ4v) is 3.35. The predicted molar refractivity (Wildman–Crippen MR) is 112 cm³/mol. The number of nitrogens with zero attached hydrogens (tertiary/aromatic N) is 3. The molecule has 0 bridgehead atoms. The van der Waals surface area contributed by atoms with Crippen molar-refractivity contribution in [3.8, 4) is 34.1 Å². The van der Waals surface area contributed by atoms with E-state index >= 15 is 0 Å². The van der Waals surface area contributed by atoms with Gasteiger partial charge in [0.25, 0.3) is 0 Å². The lowest BCUT2D eigenvalue weighted by Crippen LogP contribution is -2.11. The zero-order valence-electron chi connectivity index (χ0n) is 17.0. The minimum atomic E-state index is -4.54. The fourth-order valence-electron chi connectivity index (χ4n) is 3.12. The average molecular weight is 479 g/mol. The molecule has 0 atom stereocenters. The van der Waals surface area contributed by atoms with Crippen molar-refractivity contribution in [2.75, 3.05) is 7.11 Å². The fraction of sp³-hybridized carbons (Fsp3) is 0.136. The molecular weight excluding hydrogens is 464 g/mol. The number of hydrogen-bond acceptors (Lipinski definition) is 5. The summed E-state index contributed by atoms with van der Waals surface area (Å²) in [5, 5.41) is 0.146. The first-order valence-electron chi connectivity index (χ1n) is 9.45. The third-order valence-electron chi connectivity index (χ3n) is 4.71. The minimum Gasteiger partial charge on any atom is -0.496 e. The Kier molecular flexibility index (Phi) is 6.19. The molecule has 0 saturated carbocycles. The summed E-state index contributed by atoms with van der Waals surface area (Å²) in [6, 6.07) is 8.69. The lowest BCUT2D eigenvalue weighted by Gasteiger charge is -2.14. The monoisotopic (exact) mass is 478 g/mol. The zero-order chi connectivity index (χ0) is 23.6. The number of hydrogen-bond donors (Lipinski definition) is 1. The van der Waals surface area contributed by atoms with Crippen molar-refractivity contribution in [3.05, 3.63) is 77.2 Å². The van der Waals surface area contributed by atoms with Crippen LogP contribution in [0.1, 0.15) is 11.1 Å². The second-order valence-electron chi connectivity index (χ2n) is 6.80. The third kappa shape index (κ3) is 4.90. The lowest BCUT2D eigenvalue weighted by molar-refractivity contribution is -0.138. The van der Waals surface area contributed by atoms with Gasteiger partial charge < -0.3 is 14.5 Å². The van der Waals surface area contributed by atoms with Gasteiger partial charge in [-0.05, 0) is 30.3 Å². The van der Waals surface area contributed by atoms with Gasteiger partial charge >= 0.3 is 6.18 Å². The number of pyridine rings is 2. The molecule has 3 aromatic heterocycles. The number of aromatic amines is 1. The molecule has 11 heteroatoms. The molecule has 1 aromatic carbocycles. The Labute approximate surface area is 190 Å². The predicted octanol–water partition coefficient (Wildman–Crippen LogP) is 5.93. The molecule has 3 heterocycles. The molecule has 0 spiro atoms. The van der Waals surface area contributed by atoms with Crippen LogP contribution in [0.3, 0.4) is 0 Å². The largest absolute Gasteiger partial charge is 0.496 e. The summed E-state index contributed by atoms with van der Waals surface area (Å²) in [5.41, 5.74) is 0.605. The van der Waals surface area contributed by atoms with Crippen LogP contribution in [0.5, 0.6) is 11.5 Å². The van der Waals surface area contributed by atoms with E-state index in [0.29, 0.717) is 34.1 Å². The van der Waals surface area contributed by atoms with Crippen molar-refractivity contribution in [2.24, 2.45) is 0 Å². The minimum absolute atomic E-state index is 0.0466. The van der Waals surface area contributed by atoms with E-state index in [-0.39, 0.29) is 17.3 Å². The highest BCUT2D eigenvalue weighted by atomic mass is 35.5. The van der Waals surface area contributed by atoms with Crippen molar-refractivity contribution in [2.45, 2.75) is 12.8 Å². The first-order valence-corrected chi connectivity index (χ1v) is 9.83. The van der Waals surface area contributed by atoms with Gasteiger partial charge in [0.15, 0.2) is 5.15 Å². The summed E-state index contributed by atoms with van der Waals surface area (Å²) < 4.78 is 63.5. The number of halogens is 5. The zero-order valence-corrected chi connectivity index (χ0v) is 17.7. The molecule has 0 aliphatic rings. The van der Waals surface area contributed by atoms with E-state index in [1.807, 2.05) is 0 Å². The van der Waals surface area contributed by atoms with Crippen LogP contribution in [0.25, 0.3) is 22.6 Å². The average Bonchev–Trinajstić information content (AvgIpc) is 3.18. The van der Waals surface area contributed by atoms with E-state index in [4.69, 9.17) is 21.1 Å². The van der Waals surface area contributed by atoms with Crippen molar-refractivity contribution in [3.63, 3.8) is 0 Å².